The Kier molecular flexibility index (Phi) is 9.71. The number of halogens is 1. The molecule has 1 heterocycles. The van der Waals surface area contributed by atoms with Crippen LogP contribution in [0.5, 0.6) is 5.75 Å². The highest BCUT2D eigenvalue weighted by Crippen LogP contribution is 2.20. The molecule has 7 heteroatoms. The van der Waals surface area contributed by atoms with Gasteiger partial charge in [-0.1, -0.05) is 24.3 Å². The van der Waals surface area contributed by atoms with Crippen LogP contribution < -0.4 is 15.0 Å². The smallest absolute Gasteiger partial charge is 0.194 e. The summed E-state index contributed by atoms with van der Waals surface area (Å²) in [5, 5.41) is 3.56. The number of guanidine groups is 1. The van der Waals surface area contributed by atoms with Crippen LogP contribution in [0, 0.1) is 0 Å². The first-order valence-corrected chi connectivity index (χ1v) is 10.2. The number of nitrogens with zero attached hydrogens (tertiary/aromatic N) is 4. The van der Waals surface area contributed by atoms with E-state index in [1.165, 1.54) is 16.8 Å². The first-order chi connectivity index (χ1) is 14.1. The summed E-state index contributed by atoms with van der Waals surface area (Å²) < 4.78 is 5.26. The van der Waals surface area contributed by atoms with E-state index < -0.39 is 0 Å². The largest absolute Gasteiger partial charge is 0.497 e. The molecule has 0 aromatic heterocycles. The number of hydrogen-bond donors (Lipinski definition) is 1. The van der Waals surface area contributed by atoms with E-state index in [1.54, 1.807) is 7.11 Å². The molecule has 30 heavy (non-hydrogen) atoms. The van der Waals surface area contributed by atoms with Crippen molar-refractivity contribution in [3.8, 4) is 5.75 Å². The van der Waals surface area contributed by atoms with E-state index in [9.17, 15) is 0 Å². The summed E-state index contributed by atoms with van der Waals surface area (Å²) in [6, 6.07) is 16.9. The molecule has 1 N–H and O–H groups in total. The highest BCUT2D eigenvalue weighted by Gasteiger charge is 2.20. The molecule has 1 fully saturated rings. The van der Waals surface area contributed by atoms with Crippen molar-refractivity contribution in [2.24, 2.45) is 4.99 Å². The minimum absolute atomic E-state index is 0. The molecule has 164 valence electrons. The van der Waals surface area contributed by atoms with Gasteiger partial charge in [0.15, 0.2) is 5.96 Å². The maximum absolute atomic E-state index is 5.26. The average molecular weight is 523 g/mol. The Balaban J connectivity index is 0.00000320. The standard InChI is InChI=1S/C23H33N5O.HI/c1-24-23(25-17-19-7-5-6-8-20(19)18-26(2)3)28-15-13-27(14-16-28)21-9-11-22(29-4)12-10-21;/h5-12H,13-18H2,1-4H3,(H,24,25);1H. The zero-order chi connectivity index (χ0) is 20.6. The molecular formula is C23H34IN5O. The van der Waals surface area contributed by atoms with Gasteiger partial charge in [-0.25, -0.2) is 0 Å². The maximum Gasteiger partial charge on any atom is 0.194 e. The first-order valence-electron chi connectivity index (χ1n) is 10.2. The van der Waals surface area contributed by atoms with E-state index in [0.29, 0.717) is 0 Å². The van der Waals surface area contributed by atoms with E-state index in [1.807, 2.05) is 19.2 Å². The molecular weight excluding hydrogens is 489 g/mol. The van der Waals surface area contributed by atoms with Crippen molar-refractivity contribution in [3.63, 3.8) is 0 Å². The molecule has 2 aromatic rings. The average Bonchev–Trinajstić information content (AvgIpc) is 2.75. The van der Waals surface area contributed by atoms with Gasteiger partial charge in [0.2, 0.25) is 0 Å². The number of methoxy groups -OCH3 is 1. The van der Waals surface area contributed by atoms with Crippen LogP contribution in [0.15, 0.2) is 53.5 Å². The highest BCUT2D eigenvalue weighted by atomic mass is 127. The van der Waals surface area contributed by atoms with Crippen LogP contribution in [-0.2, 0) is 13.1 Å². The SMILES string of the molecule is CN=C(NCc1ccccc1CN(C)C)N1CCN(c2ccc(OC)cc2)CC1.I. The molecule has 3 rings (SSSR count). The van der Waals surface area contributed by atoms with Crippen LogP contribution in [0.25, 0.3) is 0 Å². The lowest BCUT2D eigenvalue weighted by molar-refractivity contribution is 0.371. The van der Waals surface area contributed by atoms with Gasteiger partial charge in [0.05, 0.1) is 7.11 Å². The van der Waals surface area contributed by atoms with Gasteiger partial charge < -0.3 is 24.8 Å². The minimum atomic E-state index is 0. The lowest BCUT2D eigenvalue weighted by atomic mass is 10.1. The monoisotopic (exact) mass is 523 g/mol. The van der Waals surface area contributed by atoms with Gasteiger partial charge in [0.25, 0.3) is 0 Å². The molecule has 0 saturated carbocycles. The second kappa shape index (κ2) is 12.0. The van der Waals surface area contributed by atoms with Crippen LogP contribution in [0.1, 0.15) is 11.1 Å². The molecule has 1 aliphatic heterocycles. The Morgan fingerprint density at radius 2 is 1.63 bits per heavy atom. The van der Waals surface area contributed by atoms with E-state index in [0.717, 1.165) is 51.0 Å². The van der Waals surface area contributed by atoms with Gasteiger partial charge in [-0.2, -0.15) is 0 Å². The fraction of sp³-hybridized carbons (Fsp3) is 0.435. The van der Waals surface area contributed by atoms with Crippen LogP contribution in [0.4, 0.5) is 5.69 Å². The third kappa shape index (κ3) is 6.50. The number of aliphatic imine (C=N–C) groups is 1. The second-order valence-corrected chi connectivity index (χ2v) is 7.58. The Hall–Kier alpha value is -2.00. The van der Waals surface area contributed by atoms with Gasteiger partial charge in [0.1, 0.15) is 5.75 Å². The number of hydrogen-bond acceptors (Lipinski definition) is 4. The highest BCUT2D eigenvalue weighted by molar-refractivity contribution is 14.0. The number of nitrogens with one attached hydrogen (secondary N) is 1. The van der Waals surface area contributed by atoms with Crippen molar-refractivity contribution in [1.29, 1.82) is 0 Å². The van der Waals surface area contributed by atoms with E-state index in [4.69, 9.17) is 4.74 Å². The number of benzene rings is 2. The lowest BCUT2D eigenvalue weighted by Gasteiger charge is -2.37. The Morgan fingerprint density at radius 1 is 1.00 bits per heavy atom. The molecule has 0 unspecified atom stereocenters. The van der Waals surface area contributed by atoms with Crippen LogP contribution in [-0.4, -0.2) is 70.2 Å². The molecule has 0 radical (unpaired) electrons. The molecule has 0 amide bonds. The van der Waals surface area contributed by atoms with Gasteiger partial charge in [-0.05, 0) is 49.5 Å². The van der Waals surface area contributed by atoms with Crippen molar-refractivity contribution < 1.29 is 4.74 Å². The number of ether oxygens (including phenoxy) is 1. The molecule has 2 aromatic carbocycles. The zero-order valence-corrected chi connectivity index (χ0v) is 20.8. The summed E-state index contributed by atoms with van der Waals surface area (Å²) in [6.07, 6.45) is 0. The molecule has 0 atom stereocenters. The van der Waals surface area contributed by atoms with Gasteiger partial charge in [0, 0.05) is 52.0 Å². The Labute approximate surface area is 197 Å². The number of anilines is 1. The summed E-state index contributed by atoms with van der Waals surface area (Å²) in [5.74, 6) is 1.87. The normalized spacial score (nSPS) is 14.5. The predicted octanol–water partition coefficient (Wildman–Crippen LogP) is 3.27. The van der Waals surface area contributed by atoms with Crippen molar-refractivity contribution in [3.05, 3.63) is 59.7 Å². The maximum atomic E-state index is 5.26. The summed E-state index contributed by atoms with van der Waals surface area (Å²) in [6.45, 7) is 5.58. The number of piperazine rings is 1. The Morgan fingerprint density at radius 3 is 2.20 bits per heavy atom. The summed E-state index contributed by atoms with van der Waals surface area (Å²) in [4.78, 5) is 11.5. The predicted molar refractivity (Wildman–Crippen MR) is 136 cm³/mol. The quantitative estimate of drug-likeness (QED) is 0.358. The third-order valence-corrected chi connectivity index (χ3v) is 5.27. The molecule has 0 bridgehead atoms. The summed E-state index contributed by atoms with van der Waals surface area (Å²) in [5.41, 5.74) is 3.91. The van der Waals surface area contributed by atoms with Crippen molar-refractivity contribution in [1.82, 2.24) is 15.1 Å². The van der Waals surface area contributed by atoms with Crippen molar-refractivity contribution in [2.45, 2.75) is 13.1 Å². The zero-order valence-electron chi connectivity index (χ0n) is 18.5. The van der Waals surface area contributed by atoms with Gasteiger partial charge >= 0.3 is 0 Å². The number of rotatable bonds is 6. The minimum Gasteiger partial charge on any atom is -0.497 e. The van der Waals surface area contributed by atoms with E-state index in [-0.39, 0.29) is 24.0 Å². The topological polar surface area (TPSA) is 43.3 Å². The molecule has 0 spiro atoms. The lowest BCUT2D eigenvalue weighted by Crippen LogP contribution is -2.52. The van der Waals surface area contributed by atoms with Crippen LogP contribution >= 0.6 is 24.0 Å². The van der Waals surface area contributed by atoms with Crippen LogP contribution in [0.2, 0.25) is 0 Å². The van der Waals surface area contributed by atoms with Gasteiger partial charge in [-0.15, -0.1) is 24.0 Å². The van der Waals surface area contributed by atoms with Gasteiger partial charge in [-0.3, -0.25) is 4.99 Å². The van der Waals surface area contributed by atoms with Crippen LogP contribution in [0.3, 0.4) is 0 Å². The second-order valence-electron chi connectivity index (χ2n) is 7.58. The molecule has 1 saturated heterocycles. The fourth-order valence-corrected chi connectivity index (χ4v) is 3.70. The molecule has 1 aliphatic rings. The first kappa shape index (κ1) is 24.3. The Bertz CT molecular complexity index is 801. The summed E-state index contributed by atoms with van der Waals surface area (Å²) >= 11 is 0. The van der Waals surface area contributed by atoms with Crippen molar-refractivity contribution in [2.75, 3.05) is 59.3 Å². The molecule has 6 nitrogen and oxygen atoms in total. The molecule has 0 aliphatic carbocycles. The van der Waals surface area contributed by atoms with E-state index in [2.05, 4.69) is 75.5 Å². The third-order valence-electron chi connectivity index (χ3n) is 5.27. The van der Waals surface area contributed by atoms with Crippen molar-refractivity contribution >= 4 is 35.6 Å². The van der Waals surface area contributed by atoms with E-state index >= 15 is 0 Å². The summed E-state index contributed by atoms with van der Waals surface area (Å²) in [7, 11) is 7.77. The fourth-order valence-electron chi connectivity index (χ4n) is 3.70.